The Morgan fingerprint density at radius 1 is 1.11 bits per heavy atom. The summed E-state index contributed by atoms with van der Waals surface area (Å²) in [4.78, 5) is 12.2. The van der Waals surface area contributed by atoms with Crippen LogP contribution in [-0.2, 0) is 13.5 Å². The lowest BCUT2D eigenvalue weighted by Gasteiger charge is -1.95. The van der Waals surface area contributed by atoms with Crippen LogP contribution < -0.4 is 4.57 Å². The lowest BCUT2D eigenvalue weighted by molar-refractivity contribution is -0.673. The van der Waals surface area contributed by atoms with Crippen molar-refractivity contribution in [2.45, 2.75) is 6.42 Å². The maximum absolute atomic E-state index is 12.2. The number of hydrogen-bond acceptors (Lipinski definition) is 1. The molecule has 1 aliphatic rings. The van der Waals surface area contributed by atoms with Gasteiger partial charge in [0.05, 0.1) is 0 Å². The molecule has 0 fully saturated rings. The predicted molar refractivity (Wildman–Crippen MR) is 70.1 cm³/mol. The summed E-state index contributed by atoms with van der Waals surface area (Å²) in [5.41, 5.74) is 3.90. The Kier molecular flexibility index (Phi) is 2.56. The highest BCUT2D eigenvalue weighted by molar-refractivity contribution is 6.15. The van der Waals surface area contributed by atoms with Gasteiger partial charge in [-0.05, 0) is 11.6 Å². The Balaban J connectivity index is 2.02. The maximum Gasteiger partial charge on any atom is 0.205 e. The van der Waals surface area contributed by atoms with E-state index < -0.39 is 0 Å². The lowest BCUT2D eigenvalue weighted by Crippen LogP contribution is -2.30. The summed E-state index contributed by atoms with van der Waals surface area (Å²) in [6.07, 6.45) is 4.71. The minimum Gasteiger partial charge on any atom is -0.289 e. The first-order chi connectivity index (χ1) is 8.75. The number of allylic oxidation sites excluding steroid dienone is 1. The van der Waals surface area contributed by atoms with Gasteiger partial charge in [-0.3, -0.25) is 4.79 Å². The first-order valence-corrected chi connectivity index (χ1v) is 6.03. The molecule has 0 saturated carbocycles. The van der Waals surface area contributed by atoms with Crippen molar-refractivity contribution >= 4 is 11.9 Å². The van der Waals surface area contributed by atoms with Crippen LogP contribution in [0.1, 0.15) is 21.6 Å². The highest BCUT2D eigenvalue weighted by Gasteiger charge is 2.24. The quantitative estimate of drug-likeness (QED) is 0.550. The SMILES string of the molecule is C[n+]1ccccc1/C=C1\Cc2ccccc2C1=O. The second kappa shape index (κ2) is 4.22. The highest BCUT2D eigenvalue weighted by Crippen LogP contribution is 2.26. The van der Waals surface area contributed by atoms with Crippen molar-refractivity contribution in [1.82, 2.24) is 0 Å². The molecule has 0 atom stereocenters. The fraction of sp³-hybridized carbons (Fsp3) is 0.125. The maximum atomic E-state index is 12.2. The number of hydrogen-bond donors (Lipinski definition) is 0. The Morgan fingerprint density at radius 2 is 1.89 bits per heavy atom. The third kappa shape index (κ3) is 1.76. The molecule has 2 heteroatoms. The molecule has 1 aliphatic carbocycles. The number of nitrogens with zero attached hydrogens (tertiary/aromatic N) is 1. The first-order valence-electron chi connectivity index (χ1n) is 6.03. The molecule has 1 heterocycles. The van der Waals surface area contributed by atoms with Gasteiger partial charge < -0.3 is 0 Å². The fourth-order valence-electron chi connectivity index (χ4n) is 2.34. The third-order valence-electron chi connectivity index (χ3n) is 3.35. The van der Waals surface area contributed by atoms with Crippen molar-refractivity contribution < 1.29 is 9.36 Å². The molecule has 0 saturated heterocycles. The van der Waals surface area contributed by atoms with Crippen molar-refractivity contribution in [1.29, 1.82) is 0 Å². The normalized spacial score (nSPS) is 16.1. The zero-order valence-electron chi connectivity index (χ0n) is 10.3. The number of carbonyl (C=O) groups excluding carboxylic acids is 1. The summed E-state index contributed by atoms with van der Waals surface area (Å²) < 4.78 is 2.02. The molecule has 88 valence electrons. The molecule has 0 aliphatic heterocycles. The molecule has 2 nitrogen and oxygen atoms in total. The third-order valence-corrected chi connectivity index (χ3v) is 3.35. The van der Waals surface area contributed by atoms with E-state index in [4.69, 9.17) is 0 Å². The first kappa shape index (κ1) is 10.9. The topological polar surface area (TPSA) is 20.9 Å². The second-order valence-electron chi connectivity index (χ2n) is 4.57. The molecule has 0 radical (unpaired) electrons. The second-order valence-corrected chi connectivity index (χ2v) is 4.57. The zero-order valence-corrected chi connectivity index (χ0v) is 10.3. The number of carbonyl (C=O) groups is 1. The van der Waals surface area contributed by atoms with Gasteiger partial charge in [0, 0.05) is 35.8 Å². The molecule has 0 bridgehead atoms. The summed E-state index contributed by atoms with van der Waals surface area (Å²) >= 11 is 0. The van der Waals surface area contributed by atoms with Gasteiger partial charge in [0.15, 0.2) is 12.0 Å². The van der Waals surface area contributed by atoms with Crippen LogP contribution in [0.3, 0.4) is 0 Å². The van der Waals surface area contributed by atoms with Crippen LogP contribution in [-0.4, -0.2) is 5.78 Å². The molecule has 3 rings (SSSR count). The van der Waals surface area contributed by atoms with Gasteiger partial charge in [0.2, 0.25) is 5.69 Å². The van der Waals surface area contributed by atoms with E-state index in [1.54, 1.807) is 0 Å². The lowest BCUT2D eigenvalue weighted by atomic mass is 10.1. The molecular weight excluding hydrogens is 222 g/mol. The van der Waals surface area contributed by atoms with Gasteiger partial charge in [-0.25, -0.2) is 4.57 Å². The predicted octanol–water partition coefficient (Wildman–Crippen LogP) is 2.33. The minimum absolute atomic E-state index is 0.162. The van der Waals surface area contributed by atoms with E-state index in [-0.39, 0.29) is 5.78 Å². The molecule has 0 N–H and O–H groups in total. The summed E-state index contributed by atoms with van der Waals surface area (Å²) in [6.45, 7) is 0. The average Bonchev–Trinajstić information content (AvgIpc) is 2.70. The van der Waals surface area contributed by atoms with E-state index in [0.29, 0.717) is 0 Å². The van der Waals surface area contributed by atoms with Crippen molar-refractivity contribution in [3.63, 3.8) is 0 Å². The highest BCUT2D eigenvalue weighted by atomic mass is 16.1. The Bertz CT molecular complexity index is 656. The number of aryl methyl sites for hydroxylation is 1. The molecule has 1 aromatic heterocycles. The number of aromatic nitrogens is 1. The van der Waals surface area contributed by atoms with E-state index in [1.165, 1.54) is 0 Å². The van der Waals surface area contributed by atoms with Crippen LogP contribution >= 0.6 is 0 Å². The van der Waals surface area contributed by atoms with Gasteiger partial charge in [-0.15, -0.1) is 0 Å². The van der Waals surface area contributed by atoms with Crippen LogP contribution in [0.5, 0.6) is 0 Å². The van der Waals surface area contributed by atoms with E-state index in [1.807, 2.05) is 66.4 Å². The van der Waals surface area contributed by atoms with Gasteiger partial charge in [-0.1, -0.05) is 24.3 Å². The van der Waals surface area contributed by atoms with Gasteiger partial charge in [0.1, 0.15) is 7.05 Å². The van der Waals surface area contributed by atoms with Gasteiger partial charge >= 0.3 is 0 Å². The number of fused-ring (bicyclic) bond motifs is 1. The van der Waals surface area contributed by atoms with Crippen LogP contribution in [0.4, 0.5) is 0 Å². The zero-order chi connectivity index (χ0) is 12.5. The molecular formula is C16H14NO+. The van der Waals surface area contributed by atoms with Crippen molar-refractivity contribution in [3.8, 4) is 0 Å². The molecule has 0 unspecified atom stereocenters. The van der Waals surface area contributed by atoms with Gasteiger partial charge in [0.25, 0.3) is 0 Å². The fourth-order valence-corrected chi connectivity index (χ4v) is 2.34. The molecule has 1 aromatic carbocycles. The van der Waals surface area contributed by atoms with E-state index in [2.05, 4.69) is 0 Å². The Hall–Kier alpha value is -2.22. The van der Waals surface area contributed by atoms with Crippen LogP contribution in [0.15, 0.2) is 54.2 Å². The smallest absolute Gasteiger partial charge is 0.205 e. The summed E-state index contributed by atoms with van der Waals surface area (Å²) in [6, 6.07) is 13.8. The van der Waals surface area contributed by atoms with Crippen LogP contribution in [0.2, 0.25) is 0 Å². The van der Waals surface area contributed by atoms with Crippen molar-refractivity contribution in [3.05, 3.63) is 71.1 Å². The van der Waals surface area contributed by atoms with Gasteiger partial charge in [-0.2, -0.15) is 0 Å². The number of rotatable bonds is 1. The molecule has 18 heavy (non-hydrogen) atoms. The number of Topliss-reactive ketones (excluding diaryl/α,β-unsaturated/α-hetero) is 1. The number of benzene rings is 1. The molecule has 0 amide bonds. The minimum atomic E-state index is 0.162. The monoisotopic (exact) mass is 236 g/mol. The summed E-state index contributed by atoms with van der Waals surface area (Å²) in [5.74, 6) is 0.162. The number of ketones is 1. The van der Waals surface area contributed by atoms with Crippen molar-refractivity contribution in [2.75, 3.05) is 0 Å². The van der Waals surface area contributed by atoms with E-state index in [9.17, 15) is 4.79 Å². The molecule has 2 aromatic rings. The Morgan fingerprint density at radius 3 is 2.67 bits per heavy atom. The van der Waals surface area contributed by atoms with E-state index in [0.717, 1.165) is 28.8 Å². The van der Waals surface area contributed by atoms with Crippen LogP contribution in [0, 0.1) is 0 Å². The summed E-state index contributed by atoms with van der Waals surface area (Å²) in [5, 5.41) is 0. The summed E-state index contributed by atoms with van der Waals surface area (Å²) in [7, 11) is 1.99. The average molecular weight is 236 g/mol. The Labute approximate surface area is 106 Å². The van der Waals surface area contributed by atoms with E-state index >= 15 is 0 Å². The number of pyridine rings is 1. The van der Waals surface area contributed by atoms with Crippen molar-refractivity contribution in [2.24, 2.45) is 7.05 Å². The largest absolute Gasteiger partial charge is 0.289 e. The standard InChI is InChI=1S/C16H14NO/c1-17-9-5-4-7-14(17)11-13-10-12-6-2-3-8-15(12)16(13)18/h2-9,11H,10H2,1H3/q+1/b13-11+. The molecule has 0 spiro atoms. The van der Waals surface area contributed by atoms with Crippen LogP contribution in [0.25, 0.3) is 6.08 Å².